The second kappa shape index (κ2) is 9.05. The highest BCUT2D eigenvalue weighted by Gasteiger charge is 2.20. The van der Waals surface area contributed by atoms with Crippen molar-refractivity contribution in [2.45, 2.75) is 24.9 Å². The van der Waals surface area contributed by atoms with E-state index in [1.807, 2.05) is 44.2 Å². The van der Waals surface area contributed by atoms with E-state index < -0.39 is 10.0 Å². The van der Waals surface area contributed by atoms with Gasteiger partial charge in [-0.2, -0.15) is 0 Å². The largest absolute Gasteiger partial charge is 0.357 e. The highest BCUT2D eigenvalue weighted by molar-refractivity contribution is 7.89. The summed E-state index contributed by atoms with van der Waals surface area (Å²) in [5.74, 6) is 0.732. The van der Waals surface area contributed by atoms with Crippen LogP contribution in [-0.2, 0) is 30.2 Å². The lowest BCUT2D eigenvalue weighted by atomic mass is 10.2. The Kier molecular flexibility index (Phi) is 7.04. The van der Waals surface area contributed by atoms with Gasteiger partial charge in [0.05, 0.1) is 18.0 Å². The molecule has 0 unspecified atom stereocenters. The minimum absolute atomic E-state index is 0.281. The second-order valence-electron chi connectivity index (χ2n) is 6.53. The Balaban J connectivity index is 2.26. The molecule has 8 heteroatoms. The molecule has 0 fully saturated rings. The monoisotopic (exact) mass is 391 g/mol. The average molecular weight is 392 g/mol. The van der Waals surface area contributed by atoms with Gasteiger partial charge >= 0.3 is 0 Å². The molecule has 1 aromatic heterocycles. The predicted octanol–water partition coefficient (Wildman–Crippen LogP) is 1.87. The molecule has 0 aliphatic heterocycles. The molecule has 1 heterocycles. The number of hydrogen-bond donors (Lipinski definition) is 1. The zero-order valence-corrected chi connectivity index (χ0v) is 17.5. The van der Waals surface area contributed by atoms with E-state index in [0.29, 0.717) is 17.0 Å². The molecule has 27 heavy (non-hydrogen) atoms. The van der Waals surface area contributed by atoms with Gasteiger partial charge in [-0.15, -0.1) is 0 Å². The summed E-state index contributed by atoms with van der Waals surface area (Å²) in [5, 5.41) is 3.27. The maximum absolute atomic E-state index is 12.6. The van der Waals surface area contributed by atoms with Crippen molar-refractivity contribution in [3.8, 4) is 0 Å². The third kappa shape index (κ3) is 5.11. The van der Waals surface area contributed by atoms with Crippen LogP contribution in [0.25, 0.3) is 0 Å². The summed E-state index contributed by atoms with van der Waals surface area (Å²) >= 11 is 0. The lowest BCUT2D eigenvalue weighted by molar-refractivity contribution is 0.461. The smallest absolute Gasteiger partial charge is 0.242 e. The molecule has 0 saturated carbocycles. The molecule has 0 saturated heterocycles. The Hall–Kier alpha value is -2.32. The lowest BCUT2D eigenvalue weighted by Crippen LogP contribution is -2.38. The van der Waals surface area contributed by atoms with E-state index in [1.54, 1.807) is 18.2 Å². The average Bonchev–Trinajstić information content (AvgIpc) is 3.03. The van der Waals surface area contributed by atoms with Gasteiger partial charge in [-0.05, 0) is 30.7 Å². The van der Waals surface area contributed by atoms with Crippen molar-refractivity contribution in [2.24, 2.45) is 12.0 Å². The summed E-state index contributed by atoms with van der Waals surface area (Å²) < 4.78 is 28.4. The fourth-order valence-corrected chi connectivity index (χ4v) is 3.80. The van der Waals surface area contributed by atoms with Crippen LogP contribution in [0.4, 0.5) is 0 Å². The number of hydrogen-bond acceptors (Lipinski definition) is 3. The van der Waals surface area contributed by atoms with E-state index in [4.69, 9.17) is 0 Å². The summed E-state index contributed by atoms with van der Waals surface area (Å²) in [6.45, 7) is 3.72. The minimum atomic E-state index is -3.51. The Bertz CT molecular complexity index is 887. The standard InChI is InChI=1S/C19H29N5O2S/c1-6-20-19(24(5)15-17-11-9-13-23(17)4)21-14-16-10-7-8-12-18(16)27(25,26)22(2)3/h7-13H,6,14-15H2,1-5H3,(H,20,21). The third-order valence-electron chi connectivity index (χ3n) is 4.28. The lowest BCUT2D eigenvalue weighted by Gasteiger charge is -2.22. The third-order valence-corrected chi connectivity index (χ3v) is 6.19. The summed E-state index contributed by atoms with van der Waals surface area (Å²) in [5.41, 5.74) is 1.84. The zero-order valence-electron chi connectivity index (χ0n) is 16.7. The van der Waals surface area contributed by atoms with Crippen molar-refractivity contribution in [1.82, 2.24) is 19.1 Å². The van der Waals surface area contributed by atoms with Crippen molar-refractivity contribution in [3.63, 3.8) is 0 Å². The molecule has 2 rings (SSSR count). The van der Waals surface area contributed by atoms with Gasteiger partial charge in [0, 0.05) is 46.6 Å². The van der Waals surface area contributed by atoms with Gasteiger partial charge in [-0.3, -0.25) is 0 Å². The van der Waals surface area contributed by atoms with Crippen molar-refractivity contribution in [1.29, 1.82) is 0 Å². The van der Waals surface area contributed by atoms with E-state index in [2.05, 4.69) is 20.9 Å². The van der Waals surface area contributed by atoms with E-state index in [1.165, 1.54) is 24.1 Å². The SMILES string of the molecule is CCNC(=NCc1ccccc1S(=O)(=O)N(C)C)N(C)Cc1cccn1C. The van der Waals surface area contributed by atoms with E-state index in [0.717, 1.165) is 12.5 Å². The molecule has 0 aliphatic rings. The molecule has 0 spiro atoms. The van der Waals surface area contributed by atoms with Crippen molar-refractivity contribution in [2.75, 3.05) is 27.7 Å². The number of rotatable bonds is 7. The molecule has 148 valence electrons. The molecule has 2 aromatic rings. The topological polar surface area (TPSA) is 69.9 Å². The van der Waals surface area contributed by atoms with Crippen LogP contribution in [-0.4, -0.2) is 55.8 Å². The van der Waals surface area contributed by atoms with Crippen molar-refractivity contribution >= 4 is 16.0 Å². The van der Waals surface area contributed by atoms with Crippen LogP contribution in [0.15, 0.2) is 52.5 Å². The Labute approximate surface area is 162 Å². The van der Waals surface area contributed by atoms with Crippen LogP contribution in [0.3, 0.4) is 0 Å². The first kappa shape index (κ1) is 21.0. The van der Waals surface area contributed by atoms with Gasteiger partial charge in [0.1, 0.15) is 0 Å². The van der Waals surface area contributed by atoms with Gasteiger partial charge in [-0.1, -0.05) is 18.2 Å². The Morgan fingerprint density at radius 1 is 1.15 bits per heavy atom. The Morgan fingerprint density at radius 2 is 1.85 bits per heavy atom. The number of guanidine groups is 1. The summed E-state index contributed by atoms with van der Waals surface area (Å²) in [4.78, 5) is 6.99. The highest BCUT2D eigenvalue weighted by Crippen LogP contribution is 2.19. The molecule has 0 atom stereocenters. The molecular formula is C19H29N5O2S. The van der Waals surface area contributed by atoms with Gasteiger partial charge in [0.2, 0.25) is 10.0 Å². The number of aliphatic imine (C=N–C) groups is 1. The number of sulfonamides is 1. The van der Waals surface area contributed by atoms with E-state index in [9.17, 15) is 8.42 Å². The van der Waals surface area contributed by atoms with Crippen LogP contribution < -0.4 is 5.32 Å². The molecule has 7 nitrogen and oxygen atoms in total. The quantitative estimate of drug-likeness (QED) is 0.578. The number of nitrogens with one attached hydrogen (secondary N) is 1. The number of aromatic nitrogens is 1. The van der Waals surface area contributed by atoms with Crippen LogP contribution >= 0.6 is 0 Å². The molecule has 0 amide bonds. The fourth-order valence-electron chi connectivity index (χ4n) is 2.69. The minimum Gasteiger partial charge on any atom is -0.357 e. The van der Waals surface area contributed by atoms with E-state index >= 15 is 0 Å². The van der Waals surface area contributed by atoms with Gasteiger partial charge in [0.25, 0.3) is 0 Å². The van der Waals surface area contributed by atoms with E-state index in [-0.39, 0.29) is 6.54 Å². The molecule has 0 bridgehead atoms. The van der Waals surface area contributed by atoms with Gasteiger partial charge < -0.3 is 14.8 Å². The van der Waals surface area contributed by atoms with Crippen molar-refractivity contribution in [3.05, 3.63) is 53.9 Å². The van der Waals surface area contributed by atoms with Crippen LogP contribution in [0.5, 0.6) is 0 Å². The first-order valence-corrected chi connectivity index (χ1v) is 10.3. The Morgan fingerprint density at radius 3 is 2.44 bits per heavy atom. The first-order chi connectivity index (χ1) is 12.8. The summed E-state index contributed by atoms with van der Waals surface area (Å²) in [6.07, 6.45) is 2.01. The number of nitrogens with zero attached hydrogens (tertiary/aromatic N) is 4. The fraction of sp³-hybridized carbons (Fsp3) is 0.421. The zero-order chi connectivity index (χ0) is 20.0. The normalized spacial score (nSPS) is 12.4. The van der Waals surface area contributed by atoms with Gasteiger partial charge in [0.15, 0.2) is 5.96 Å². The van der Waals surface area contributed by atoms with Crippen LogP contribution in [0, 0.1) is 0 Å². The van der Waals surface area contributed by atoms with Gasteiger partial charge in [-0.25, -0.2) is 17.7 Å². The number of benzene rings is 1. The molecular weight excluding hydrogens is 362 g/mol. The van der Waals surface area contributed by atoms with Crippen LogP contribution in [0.1, 0.15) is 18.2 Å². The first-order valence-electron chi connectivity index (χ1n) is 8.87. The molecule has 1 aromatic carbocycles. The molecule has 1 N–H and O–H groups in total. The summed E-state index contributed by atoms with van der Waals surface area (Å²) in [6, 6.07) is 11.1. The molecule has 0 radical (unpaired) electrons. The predicted molar refractivity (Wildman–Crippen MR) is 109 cm³/mol. The number of aryl methyl sites for hydroxylation is 1. The molecule has 0 aliphatic carbocycles. The van der Waals surface area contributed by atoms with Crippen LogP contribution in [0.2, 0.25) is 0 Å². The summed E-state index contributed by atoms with van der Waals surface area (Å²) in [7, 11) is 3.54. The van der Waals surface area contributed by atoms with Crippen molar-refractivity contribution < 1.29 is 8.42 Å². The second-order valence-corrected chi connectivity index (χ2v) is 8.65. The maximum atomic E-state index is 12.6. The maximum Gasteiger partial charge on any atom is 0.242 e. The highest BCUT2D eigenvalue weighted by atomic mass is 32.2.